The lowest BCUT2D eigenvalue weighted by Gasteiger charge is -2.27. The van der Waals surface area contributed by atoms with Gasteiger partial charge in [0.25, 0.3) is 0 Å². The minimum absolute atomic E-state index is 0. The van der Waals surface area contributed by atoms with Crippen molar-refractivity contribution < 1.29 is 9.59 Å². The molecule has 0 unspecified atom stereocenters. The lowest BCUT2D eigenvalue weighted by atomic mass is 10.2. The summed E-state index contributed by atoms with van der Waals surface area (Å²) in [5.41, 5.74) is 0. The second kappa shape index (κ2) is 10.1. The minimum atomic E-state index is 0. The molecule has 1 heterocycles. The molecule has 6 heteroatoms. The van der Waals surface area contributed by atoms with E-state index < -0.39 is 0 Å². The van der Waals surface area contributed by atoms with E-state index in [2.05, 4.69) is 10.6 Å². The summed E-state index contributed by atoms with van der Waals surface area (Å²) in [4.78, 5) is 24.9. The van der Waals surface area contributed by atoms with Gasteiger partial charge < -0.3 is 15.5 Å². The van der Waals surface area contributed by atoms with Crippen molar-refractivity contribution in [2.75, 3.05) is 32.7 Å². The van der Waals surface area contributed by atoms with Crippen LogP contribution in [0, 0.1) is 0 Å². The van der Waals surface area contributed by atoms with E-state index in [1.54, 1.807) is 0 Å². The van der Waals surface area contributed by atoms with Gasteiger partial charge in [-0.25, -0.2) is 0 Å². The SMILES string of the molecule is CCCNC(=O)CCCC(=O)N1CCNCC1.Cl. The van der Waals surface area contributed by atoms with Gasteiger partial charge in [-0.05, 0) is 12.8 Å². The maximum Gasteiger partial charge on any atom is 0.222 e. The van der Waals surface area contributed by atoms with E-state index in [9.17, 15) is 9.59 Å². The molecule has 1 aliphatic rings. The number of hydrogen-bond acceptors (Lipinski definition) is 3. The zero-order chi connectivity index (χ0) is 12.5. The third-order valence-corrected chi connectivity index (χ3v) is 2.84. The Morgan fingerprint density at radius 3 is 2.50 bits per heavy atom. The average Bonchev–Trinajstić information content (AvgIpc) is 2.37. The number of hydrogen-bond donors (Lipinski definition) is 2. The van der Waals surface area contributed by atoms with Crippen molar-refractivity contribution in [1.29, 1.82) is 0 Å². The van der Waals surface area contributed by atoms with E-state index >= 15 is 0 Å². The molecule has 0 saturated carbocycles. The quantitative estimate of drug-likeness (QED) is 0.745. The van der Waals surface area contributed by atoms with Crippen LogP contribution in [-0.2, 0) is 9.59 Å². The summed E-state index contributed by atoms with van der Waals surface area (Å²) in [6.07, 6.45) is 2.54. The topological polar surface area (TPSA) is 61.4 Å². The van der Waals surface area contributed by atoms with E-state index in [0.29, 0.717) is 19.3 Å². The van der Waals surface area contributed by atoms with Crippen molar-refractivity contribution in [2.24, 2.45) is 0 Å². The van der Waals surface area contributed by atoms with Crippen molar-refractivity contribution in [3.8, 4) is 0 Å². The van der Waals surface area contributed by atoms with E-state index in [1.807, 2.05) is 11.8 Å². The Labute approximate surface area is 115 Å². The fourth-order valence-corrected chi connectivity index (χ4v) is 1.83. The molecule has 18 heavy (non-hydrogen) atoms. The van der Waals surface area contributed by atoms with Crippen LogP contribution in [0.25, 0.3) is 0 Å². The van der Waals surface area contributed by atoms with Crippen LogP contribution in [0.5, 0.6) is 0 Å². The van der Waals surface area contributed by atoms with E-state index in [-0.39, 0.29) is 24.2 Å². The van der Waals surface area contributed by atoms with Crippen LogP contribution in [0.3, 0.4) is 0 Å². The molecule has 0 aromatic carbocycles. The Kier molecular flexibility index (Phi) is 9.69. The lowest BCUT2D eigenvalue weighted by Crippen LogP contribution is -2.46. The number of carbonyl (C=O) groups is 2. The predicted molar refractivity (Wildman–Crippen MR) is 73.8 cm³/mol. The number of nitrogens with one attached hydrogen (secondary N) is 2. The van der Waals surface area contributed by atoms with Crippen molar-refractivity contribution >= 4 is 24.2 Å². The van der Waals surface area contributed by atoms with Crippen LogP contribution < -0.4 is 10.6 Å². The summed E-state index contributed by atoms with van der Waals surface area (Å²) in [7, 11) is 0. The maximum atomic E-state index is 11.8. The van der Waals surface area contributed by atoms with Crippen LogP contribution in [0.4, 0.5) is 0 Å². The molecular formula is C12H24ClN3O2. The number of rotatable bonds is 6. The van der Waals surface area contributed by atoms with Gasteiger partial charge in [-0.3, -0.25) is 9.59 Å². The summed E-state index contributed by atoms with van der Waals surface area (Å²) < 4.78 is 0. The Bertz CT molecular complexity index is 256. The molecular weight excluding hydrogens is 254 g/mol. The van der Waals surface area contributed by atoms with Gasteiger partial charge in [0.2, 0.25) is 11.8 Å². The van der Waals surface area contributed by atoms with Crippen LogP contribution in [-0.4, -0.2) is 49.4 Å². The van der Waals surface area contributed by atoms with Crippen molar-refractivity contribution in [3.63, 3.8) is 0 Å². The highest BCUT2D eigenvalue weighted by molar-refractivity contribution is 5.85. The maximum absolute atomic E-state index is 11.8. The summed E-state index contributed by atoms with van der Waals surface area (Å²) in [5.74, 6) is 0.231. The molecule has 2 N–H and O–H groups in total. The Hall–Kier alpha value is -0.810. The first-order valence-corrected chi connectivity index (χ1v) is 6.49. The smallest absolute Gasteiger partial charge is 0.222 e. The molecule has 0 atom stereocenters. The van der Waals surface area contributed by atoms with Gasteiger partial charge in [-0.1, -0.05) is 6.92 Å². The highest BCUT2D eigenvalue weighted by atomic mass is 35.5. The van der Waals surface area contributed by atoms with Gasteiger partial charge in [0.05, 0.1) is 0 Å². The molecule has 0 aliphatic carbocycles. The summed E-state index contributed by atoms with van der Waals surface area (Å²) in [5, 5.41) is 6.02. The van der Waals surface area contributed by atoms with E-state index in [1.165, 1.54) is 0 Å². The standard InChI is InChI=1S/C12H23N3O2.ClH/c1-2-6-14-11(16)4-3-5-12(17)15-9-7-13-8-10-15;/h13H,2-10H2,1H3,(H,14,16);1H. The lowest BCUT2D eigenvalue weighted by molar-refractivity contribution is -0.132. The second-order valence-electron chi connectivity index (χ2n) is 4.33. The number of amides is 2. The van der Waals surface area contributed by atoms with Gasteiger partial charge in [-0.15, -0.1) is 12.4 Å². The fraction of sp³-hybridized carbons (Fsp3) is 0.833. The second-order valence-corrected chi connectivity index (χ2v) is 4.33. The van der Waals surface area contributed by atoms with Crippen molar-refractivity contribution in [3.05, 3.63) is 0 Å². The van der Waals surface area contributed by atoms with Gasteiger partial charge in [0, 0.05) is 45.6 Å². The monoisotopic (exact) mass is 277 g/mol. The summed E-state index contributed by atoms with van der Waals surface area (Å²) in [6.45, 7) is 6.09. The molecule has 2 amide bonds. The van der Waals surface area contributed by atoms with Crippen molar-refractivity contribution in [2.45, 2.75) is 32.6 Å². The molecule has 1 aliphatic heterocycles. The molecule has 1 fully saturated rings. The van der Waals surface area contributed by atoms with Crippen LogP contribution in [0.2, 0.25) is 0 Å². The van der Waals surface area contributed by atoms with Gasteiger partial charge >= 0.3 is 0 Å². The molecule has 1 rings (SSSR count). The Balaban J connectivity index is 0.00000289. The number of piperazine rings is 1. The summed E-state index contributed by atoms with van der Waals surface area (Å²) in [6, 6.07) is 0. The van der Waals surface area contributed by atoms with Gasteiger partial charge in [-0.2, -0.15) is 0 Å². The molecule has 0 aromatic rings. The first-order chi connectivity index (χ1) is 8.24. The highest BCUT2D eigenvalue weighted by Gasteiger charge is 2.15. The Morgan fingerprint density at radius 2 is 1.89 bits per heavy atom. The molecule has 0 radical (unpaired) electrons. The molecule has 1 saturated heterocycles. The highest BCUT2D eigenvalue weighted by Crippen LogP contribution is 2.02. The van der Waals surface area contributed by atoms with E-state index in [0.717, 1.165) is 39.1 Å². The Morgan fingerprint density at radius 1 is 1.22 bits per heavy atom. The number of carbonyl (C=O) groups excluding carboxylic acids is 2. The van der Waals surface area contributed by atoms with Crippen LogP contribution in [0.15, 0.2) is 0 Å². The zero-order valence-electron chi connectivity index (χ0n) is 11.0. The first-order valence-electron chi connectivity index (χ1n) is 6.49. The molecule has 106 valence electrons. The molecule has 0 aromatic heterocycles. The average molecular weight is 278 g/mol. The van der Waals surface area contributed by atoms with Crippen molar-refractivity contribution in [1.82, 2.24) is 15.5 Å². The van der Waals surface area contributed by atoms with E-state index in [4.69, 9.17) is 0 Å². The molecule has 5 nitrogen and oxygen atoms in total. The largest absolute Gasteiger partial charge is 0.356 e. The first kappa shape index (κ1) is 17.2. The number of nitrogens with zero attached hydrogens (tertiary/aromatic N) is 1. The molecule has 0 spiro atoms. The third-order valence-electron chi connectivity index (χ3n) is 2.84. The molecule has 0 bridgehead atoms. The van der Waals surface area contributed by atoms with Crippen LogP contribution >= 0.6 is 12.4 Å². The van der Waals surface area contributed by atoms with Gasteiger partial charge in [0.1, 0.15) is 0 Å². The van der Waals surface area contributed by atoms with Crippen LogP contribution in [0.1, 0.15) is 32.6 Å². The predicted octanol–water partition coefficient (Wildman–Crippen LogP) is 0.536. The third kappa shape index (κ3) is 6.81. The zero-order valence-corrected chi connectivity index (χ0v) is 11.9. The normalized spacial score (nSPS) is 14.8. The minimum Gasteiger partial charge on any atom is -0.356 e. The summed E-state index contributed by atoms with van der Waals surface area (Å²) >= 11 is 0. The van der Waals surface area contributed by atoms with Gasteiger partial charge in [0.15, 0.2) is 0 Å². The fourth-order valence-electron chi connectivity index (χ4n) is 1.83. The number of halogens is 1.